The minimum Gasteiger partial charge on any atom is -0.503 e. The Hall–Kier alpha value is -0.780. The van der Waals surface area contributed by atoms with E-state index in [0.717, 1.165) is 32.6 Å². The number of phenolic OH excluding ortho intramolecular Hbond substituents is 1. The van der Waals surface area contributed by atoms with Gasteiger partial charge in [0.1, 0.15) is 0 Å². The number of nitrogens with zero attached hydrogens (tertiary/aromatic N) is 1. The van der Waals surface area contributed by atoms with Gasteiger partial charge in [-0.25, -0.2) is 0 Å². The van der Waals surface area contributed by atoms with Crippen molar-refractivity contribution in [2.45, 2.75) is 26.3 Å². The molecule has 0 amide bonds. The van der Waals surface area contributed by atoms with Crippen molar-refractivity contribution >= 4 is 15.9 Å². The van der Waals surface area contributed by atoms with Crippen molar-refractivity contribution in [3.05, 3.63) is 22.2 Å². The molecule has 4 nitrogen and oxygen atoms in total. The first-order valence-electron chi connectivity index (χ1n) is 7.59. The lowest BCUT2D eigenvalue weighted by molar-refractivity contribution is 0.128. The number of benzene rings is 1. The van der Waals surface area contributed by atoms with Crippen molar-refractivity contribution in [1.29, 1.82) is 0 Å². The summed E-state index contributed by atoms with van der Waals surface area (Å²) < 4.78 is 6.00. The third kappa shape index (κ3) is 3.71. The third-order valence-corrected chi connectivity index (χ3v) is 4.94. The molecule has 0 aromatic heterocycles. The number of halogens is 1. The zero-order chi connectivity index (χ0) is 15.4. The van der Waals surface area contributed by atoms with E-state index in [1.807, 2.05) is 12.1 Å². The van der Waals surface area contributed by atoms with Crippen LogP contribution in [0.3, 0.4) is 0 Å². The van der Waals surface area contributed by atoms with Gasteiger partial charge >= 0.3 is 0 Å². The molecule has 1 fully saturated rings. The van der Waals surface area contributed by atoms with Crippen LogP contribution in [0, 0.1) is 5.92 Å². The molecular formula is C16H25BrN2O2. The predicted molar refractivity (Wildman–Crippen MR) is 89.0 cm³/mol. The summed E-state index contributed by atoms with van der Waals surface area (Å²) in [7, 11) is 1.59. The molecule has 0 bridgehead atoms. The van der Waals surface area contributed by atoms with E-state index in [9.17, 15) is 5.11 Å². The van der Waals surface area contributed by atoms with E-state index in [-0.39, 0.29) is 5.75 Å². The number of hydrogen-bond donors (Lipinski definition) is 2. The molecule has 1 saturated heterocycles. The maximum Gasteiger partial charge on any atom is 0.172 e. The Morgan fingerprint density at radius 2 is 2.05 bits per heavy atom. The van der Waals surface area contributed by atoms with Crippen LogP contribution in [-0.4, -0.2) is 43.3 Å². The summed E-state index contributed by atoms with van der Waals surface area (Å²) in [6.07, 6.45) is 1.12. The first kappa shape index (κ1) is 16.6. The number of nitrogens with one attached hydrogen (secondary N) is 1. The number of rotatable bonds is 5. The van der Waals surface area contributed by atoms with Crippen molar-refractivity contribution in [3.8, 4) is 11.5 Å². The fourth-order valence-electron chi connectivity index (χ4n) is 3.00. The van der Waals surface area contributed by atoms with Crippen molar-refractivity contribution in [1.82, 2.24) is 10.2 Å². The zero-order valence-corrected chi connectivity index (χ0v) is 14.6. The van der Waals surface area contributed by atoms with Crippen LogP contribution in [0.4, 0.5) is 0 Å². The molecule has 1 aliphatic heterocycles. The molecule has 1 aliphatic rings. The van der Waals surface area contributed by atoms with Gasteiger partial charge in [0.05, 0.1) is 11.6 Å². The maximum absolute atomic E-state index is 10.0. The van der Waals surface area contributed by atoms with E-state index >= 15 is 0 Å². The number of methoxy groups -OCH3 is 1. The highest BCUT2D eigenvalue weighted by atomic mass is 79.9. The molecule has 1 unspecified atom stereocenters. The average Bonchev–Trinajstić information content (AvgIpc) is 2.51. The second kappa shape index (κ2) is 7.47. The summed E-state index contributed by atoms with van der Waals surface area (Å²) >= 11 is 3.44. The van der Waals surface area contributed by atoms with Crippen LogP contribution in [0.1, 0.15) is 31.9 Å². The van der Waals surface area contributed by atoms with Crippen molar-refractivity contribution < 1.29 is 9.84 Å². The molecule has 1 aromatic carbocycles. The third-order valence-electron chi connectivity index (χ3n) is 4.34. The maximum atomic E-state index is 10.0. The summed E-state index contributed by atoms with van der Waals surface area (Å²) in [5, 5.41) is 13.4. The van der Waals surface area contributed by atoms with Crippen LogP contribution in [0.2, 0.25) is 0 Å². The molecule has 0 aliphatic carbocycles. The standard InChI is InChI=1S/C16H25BrN2O2/c1-4-11(2)15(19-7-5-18-6-8-19)12-9-13(17)16(20)14(10-12)21-3/h9-11,15,18,20H,4-8H2,1-3H3/t11?,15-/m0/s1. The van der Waals surface area contributed by atoms with Crippen molar-refractivity contribution in [2.75, 3.05) is 33.3 Å². The average molecular weight is 357 g/mol. The fraction of sp³-hybridized carbons (Fsp3) is 0.625. The summed E-state index contributed by atoms with van der Waals surface area (Å²) in [4.78, 5) is 2.53. The Labute approximate surface area is 135 Å². The molecule has 2 N–H and O–H groups in total. The lowest BCUT2D eigenvalue weighted by Gasteiger charge is -2.38. The van der Waals surface area contributed by atoms with Crippen molar-refractivity contribution in [2.24, 2.45) is 5.92 Å². The van der Waals surface area contributed by atoms with Crippen LogP contribution in [-0.2, 0) is 0 Å². The van der Waals surface area contributed by atoms with Gasteiger partial charge in [0.15, 0.2) is 11.5 Å². The van der Waals surface area contributed by atoms with Gasteiger partial charge < -0.3 is 15.2 Å². The molecule has 0 saturated carbocycles. The van der Waals surface area contributed by atoms with Gasteiger partial charge in [-0.3, -0.25) is 4.90 Å². The highest BCUT2D eigenvalue weighted by molar-refractivity contribution is 9.10. The van der Waals surface area contributed by atoms with Crippen LogP contribution < -0.4 is 10.1 Å². The largest absolute Gasteiger partial charge is 0.503 e. The molecule has 1 aromatic rings. The van der Waals surface area contributed by atoms with E-state index in [1.165, 1.54) is 5.56 Å². The summed E-state index contributed by atoms with van der Waals surface area (Å²) in [6.45, 7) is 8.69. The highest BCUT2D eigenvalue weighted by Gasteiger charge is 2.27. The smallest absolute Gasteiger partial charge is 0.172 e. The number of aromatic hydroxyl groups is 1. The van der Waals surface area contributed by atoms with Crippen LogP contribution in [0.15, 0.2) is 16.6 Å². The topological polar surface area (TPSA) is 44.7 Å². The summed E-state index contributed by atoms with van der Waals surface area (Å²) in [6, 6.07) is 4.35. The second-order valence-electron chi connectivity index (χ2n) is 5.67. The van der Waals surface area contributed by atoms with Crippen molar-refractivity contribution in [3.63, 3.8) is 0 Å². The van der Waals surface area contributed by atoms with Gasteiger partial charge in [0.25, 0.3) is 0 Å². The molecule has 118 valence electrons. The van der Waals surface area contributed by atoms with Gasteiger partial charge in [-0.2, -0.15) is 0 Å². The van der Waals surface area contributed by atoms with Gasteiger partial charge in [0, 0.05) is 32.2 Å². The molecule has 21 heavy (non-hydrogen) atoms. The first-order valence-corrected chi connectivity index (χ1v) is 8.39. The minimum absolute atomic E-state index is 0.171. The first-order chi connectivity index (χ1) is 10.1. The van der Waals surface area contributed by atoms with Gasteiger partial charge in [-0.05, 0) is 39.5 Å². The summed E-state index contributed by atoms with van der Waals surface area (Å²) in [5.74, 6) is 1.25. The van der Waals surface area contributed by atoms with E-state index in [1.54, 1.807) is 7.11 Å². The Bertz CT molecular complexity index is 476. The van der Waals surface area contributed by atoms with E-state index in [0.29, 0.717) is 22.2 Å². The quantitative estimate of drug-likeness (QED) is 0.850. The molecule has 2 atom stereocenters. The summed E-state index contributed by atoms with van der Waals surface area (Å²) in [5.41, 5.74) is 1.20. The molecule has 0 spiro atoms. The van der Waals surface area contributed by atoms with Crippen LogP contribution in [0.25, 0.3) is 0 Å². The molecule has 2 rings (SSSR count). The molecule has 5 heteroatoms. The lowest BCUT2D eigenvalue weighted by Crippen LogP contribution is -2.46. The zero-order valence-electron chi connectivity index (χ0n) is 13.0. The number of ether oxygens (including phenoxy) is 1. The Kier molecular flexibility index (Phi) is 5.90. The number of hydrogen-bond acceptors (Lipinski definition) is 4. The normalized spacial score (nSPS) is 19.2. The lowest BCUT2D eigenvalue weighted by atomic mass is 9.90. The molecule has 0 radical (unpaired) electrons. The Morgan fingerprint density at radius 1 is 1.38 bits per heavy atom. The van der Waals surface area contributed by atoms with Crippen LogP contribution in [0.5, 0.6) is 11.5 Å². The number of piperazine rings is 1. The van der Waals surface area contributed by atoms with Gasteiger partial charge in [0.2, 0.25) is 0 Å². The number of phenols is 1. The monoisotopic (exact) mass is 356 g/mol. The Morgan fingerprint density at radius 3 is 2.62 bits per heavy atom. The van der Waals surface area contributed by atoms with Gasteiger partial charge in [-0.15, -0.1) is 0 Å². The highest BCUT2D eigenvalue weighted by Crippen LogP contribution is 2.40. The second-order valence-corrected chi connectivity index (χ2v) is 6.52. The molecular weight excluding hydrogens is 332 g/mol. The van der Waals surface area contributed by atoms with E-state index < -0.39 is 0 Å². The predicted octanol–water partition coefficient (Wildman–Crippen LogP) is 3.16. The van der Waals surface area contributed by atoms with E-state index in [2.05, 4.69) is 40.0 Å². The minimum atomic E-state index is 0.171. The van der Waals surface area contributed by atoms with Gasteiger partial charge in [-0.1, -0.05) is 20.3 Å². The Balaban J connectivity index is 2.38. The van der Waals surface area contributed by atoms with E-state index in [4.69, 9.17) is 4.74 Å². The fourth-order valence-corrected chi connectivity index (χ4v) is 3.46. The SMILES string of the molecule is CCC(C)[C@@H](c1cc(Br)c(O)c(OC)c1)N1CCNCC1. The molecule has 1 heterocycles. The van der Waals surface area contributed by atoms with Crippen LogP contribution >= 0.6 is 15.9 Å².